The monoisotopic (exact) mass is 495 g/mol. The molecule has 0 bridgehead atoms. The van der Waals surface area contributed by atoms with Crippen LogP contribution >= 0.6 is 11.8 Å². The van der Waals surface area contributed by atoms with Gasteiger partial charge in [-0.1, -0.05) is 11.8 Å². The summed E-state index contributed by atoms with van der Waals surface area (Å²) in [5, 5.41) is 5.69. The fourth-order valence-corrected chi connectivity index (χ4v) is 5.62. The van der Waals surface area contributed by atoms with Gasteiger partial charge in [0.15, 0.2) is 4.87 Å². The van der Waals surface area contributed by atoms with Crippen molar-refractivity contribution in [1.82, 2.24) is 5.01 Å². The molecular weight excluding hydrogens is 471 g/mol. The number of carbonyl (C=O) groups excluding carboxylic acids is 1. The molecule has 2 heterocycles. The molecule has 11 heteroatoms. The first-order valence-electron chi connectivity index (χ1n) is 10.7. The minimum atomic E-state index is -1.29. The number of methoxy groups -OCH3 is 1. The molecule has 1 spiro atoms. The Labute approximate surface area is 199 Å². The molecule has 4 rings (SSSR count). The number of thioether (sulfide) groups is 1. The first-order chi connectivity index (χ1) is 16.4. The molecule has 2 aromatic rings. The van der Waals surface area contributed by atoms with Crippen molar-refractivity contribution in [2.24, 2.45) is 16.8 Å². The van der Waals surface area contributed by atoms with E-state index in [-0.39, 0.29) is 43.6 Å². The summed E-state index contributed by atoms with van der Waals surface area (Å²) in [5.74, 6) is -2.47. The number of nitrogens with zero attached hydrogens (tertiary/aromatic N) is 2. The first kappa shape index (κ1) is 24.5. The molecule has 0 aromatic heterocycles. The average Bonchev–Trinajstić information content (AvgIpc) is 3.22. The van der Waals surface area contributed by atoms with Crippen LogP contribution in [0.2, 0.25) is 0 Å². The van der Waals surface area contributed by atoms with Crippen LogP contribution in [0.15, 0.2) is 41.5 Å². The predicted molar refractivity (Wildman–Crippen MR) is 121 cm³/mol. The highest BCUT2D eigenvalue weighted by Gasteiger charge is 2.57. The van der Waals surface area contributed by atoms with Crippen molar-refractivity contribution in [1.29, 1.82) is 0 Å². The summed E-state index contributed by atoms with van der Waals surface area (Å²) in [6.07, 6.45) is 0.408. The number of fused-ring (bicyclic) bond motifs is 2. The molecule has 2 aromatic carbocycles. The van der Waals surface area contributed by atoms with Crippen LogP contribution in [0.4, 0.5) is 13.2 Å². The van der Waals surface area contributed by atoms with Crippen molar-refractivity contribution in [3.05, 3.63) is 65.0 Å². The van der Waals surface area contributed by atoms with Gasteiger partial charge in [0.25, 0.3) is 5.91 Å². The molecule has 0 unspecified atom stereocenters. The second kappa shape index (κ2) is 10.3. The highest BCUT2D eigenvalue weighted by atomic mass is 32.2. The standard InChI is InChI=1S/C23H24F3N3O4S/c1-31-8-9-32-13-21(30)29-23(34-22(28-29)17-10-15(24)2-4-19(17)26)14(6-7-27)12-33-20-5-3-16(25)11-18(20)23/h2-5,10-11,14H,6-9,12-13,27H2,1H3/t14-,23+/m0/s1. The lowest BCUT2D eigenvalue weighted by atomic mass is 9.86. The van der Waals surface area contributed by atoms with Gasteiger partial charge in [0, 0.05) is 24.2 Å². The third-order valence-corrected chi connectivity index (χ3v) is 7.18. The van der Waals surface area contributed by atoms with Crippen LogP contribution in [-0.4, -0.2) is 56.0 Å². The summed E-state index contributed by atoms with van der Waals surface area (Å²) < 4.78 is 59.3. The minimum absolute atomic E-state index is 0.0846. The number of halogens is 3. The van der Waals surface area contributed by atoms with E-state index in [0.29, 0.717) is 17.7 Å². The van der Waals surface area contributed by atoms with Crippen molar-refractivity contribution in [2.45, 2.75) is 11.3 Å². The van der Waals surface area contributed by atoms with E-state index in [0.717, 1.165) is 30.0 Å². The lowest BCUT2D eigenvalue weighted by Gasteiger charge is -2.45. The second-order valence-electron chi connectivity index (χ2n) is 7.80. The molecule has 7 nitrogen and oxygen atoms in total. The van der Waals surface area contributed by atoms with E-state index < -0.39 is 34.1 Å². The maximum Gasteiger partial charge on any atom is 0.270 e. The number of hydrazone groups is 1. The van der Waals surface area contributed by atoms with E-state index in [2.05, 4.69) is 5.10 Å². The Morgan fingerprint density at radius 3 is 2.76 bits per heavy atom. The quantitative estimate of drug-likeness (QED) is 0.566. The van der Waals surface area contributed by atoms with Gasteiger partial charge >= 0.3 is 0 Å². The van der Waals surface area contributed by atoms with Crippen molar-refractivity contribution < 1.29 is 32.2 Å². The van der Waals surface area contributed by atoms with E-state index in [9.17, 15) is 18.0 Å². The molecule has 0 aliphatic carbocycles. The molecule has 2 atom stereocenters. The zero-order valence-corrected chi connectivity index (χ0v) is 19.2. The maximum absolute atomic E-state index is 14.7. The van der Waals surface area contributed by atoms with Crippen molar-refractivity contribution in [3.63, 3.8) is 0 Å². The molecule has 34 heavy (non-hydrogen) atoms. The molecule has 0 radical (unpaired) electrons. The van der Waals surface area contributed by atoms with E-state index in [1.54, 1.807) is 0 Å². The van der Waals surface area contributed by atoms with Crippen molar-refractivity contribution >= 4 is 22.7 Å². The lowest BCUT2D eigenvalue weighted by molar-refractivity contribution is -0.142. The molecule has 0 fully saturated rings. The zero-order valence-electron chi connectivity index (χ0n) is 18.4. The Hall–Kier alpha value is -2.60. The van der Waals surface area contributed by atoms with E-state index in [1.165, 1.54) is 30.3 Å². The van der Waals surface area contributed by atoms with Gasteiger partial charge in [-0.3, -0.25) is 4.79 Å². The fourth-order valence-electron chi connectivity index (χ4n) is 4.09. The van der Waals surface area contributed by atoms with Crippen LogP contribution in [-0.2, 0) is 19.1 Å². The van der Waals surface area contributed by atoms with Gasteiger partial charge < -0.3 is 19.9 Å². The van der Waals surface area contributed by atoms with Crippen molar-refractivity contribution in [3.8, 4) is 5.75 Å². The van der Waals surface area contributed by atoms with Gasteiger partial charge in [-0.05, 0) is 49.4 Å². The summed E-state index contributed by atoms with van der Waals surface area (Å²) in [5.41, 5.74) is 6.12. The smallest absolute Gasteiger partial charge is 0.270 e. The van der Waals surface area contributed by atoms with Gasteiger partial charge in [0.1, 0.15) is 34.9 Å². The minimum Gasteiger partial charge on any atom is -0.493 e. The van der Waals surface area contributed by atoms with Gasteiger partial charge in [-0.15, -0.1) is 0 Å². The third-order valence-electron chi connectivity index (χ3n) is 5.65. The Morgan fingerprint density at radius 1 is 1.24 bits per heavy atom. The SMILES string of the molecule is COCCOCC(=O)N1N=C(c2cc(F)ccc2F)S[C@]12c1cc(F)ccc1OC[C@@H]2CCN. The van der Waals surface area contributed by atoms with Crippen LogP contribution < -0.4 is 10.5 Å². The second-order valence-corrected chi connectivity index (χ2v) is 9.02. The number of nitrogens with two attached hydrogens (primary N) is 1. The van der Waals surface area contributed by atoms with E-state index in [1.807, 2.05) is 0 Å². The predicted octanol–water partition coefficient (Wildman–Crippen LogP) is 3.21. The van der Waals surface area contributed by atoms with Gasteiger partial charge in [-0.2, -0.15) is 5.10 Å². The van der Waals surface area contributed by atoms with E-state index in [4.69, 9.17) is 19.9 Å². The van der Waals surface area contributed by atoms with Crippen LogP contribution in [0.25, 0.3) is 0 Å². The number of rotatable bonds is 8. The number of amides is 1. The number of benzene rings is 2. The summed E-state index contributed by atoms with van der Waals surface area (Å²) >= 11 is 1.06. The summed E-state index contributed by atoms with van der Waals surface area (Å²) in [6, 6.07) is 7.01. The number of hydrogen-bond acceptors (Lipinski definition) is 7. The highest BCUT2D eigenvalue weighted by Crippen LogP contribution is 2.57. The average molecular weight is 496 g/mol. The molecule has 2 aliphatic rings. The summed E-state index contributed by atoms with van der Waals surface area (Å²) in [6.45, 7) is 0.553. The maximum atomic E-state index is 14.7. The number of ether oxygens (including phenoxy) is 3. The van der Waals surface area contributed by atoms with Crippen LogP contribution in [0.3, 0.4) is 0 Å². The Morgan fingerprint density at radius 2 is 2.00 bits per heavy atom. The Bertz CT molecular complexity index is 1100. The molecule has 2 N–H and O–H groups in total. The Kier molecular flexibility index (Phi) is 7.46. The fraction of sp³-hybridized carbons (Fsp3) is 0.391. The van der Waals surface area contributed by atoms with Crippen LogP contribution in [0.5, 0.6) is 5.75 Å². The normalized spacial score (nSPS) is 21.4. The molecular formula is C23H24F3N3O4S. The van der Waals surface area contributed by atoms with Crippen LogP contribution in [0.1, 0.15) is 17.5 Å². The topological polar surface area (TPSA) is 86.4 Å². The zero-order chi connectivity index (χ0) is 24.3. The van der Waals surface area contributed by atoms with E-state index >= 15 is 0 Å². The molecule has 0 saturated carbocycles. The first-order valence-corrected chi connectivity index (χ1v) is 11.5. The lowest BCUT2D eigenvalue weighted by Crippen LogP contribution is -2.52. The van der Waals surface area contributed by atoms with Gasteiger partial charge in [0.05, 0.1) is 19.8 Å². The summed E-state index contributed by atoms with van der Waals surface area (Å²) in [4.78, 5) is 12.1. The highest BCUT2D eigenvalue weighted by molar-refractivity contribution is 8.15. The molecule has 1 amide bonds. The molecule has 0 saturated heterocycles. The summed E-state index contributed by atoms with van der Waals surface area (Å²) in [7, 11) is 1.51. The molecule has 2 aliphatic heterocycles. The van der Waals surface area contributed by atoms with Gasteiger partial charge in [-0.25, -0.2) is 18.2 Å². The Balaban J connectivity index is 1.83. The van der Waals surface area contributed by atoms with Crippen molar-refractivity contribution in [2.75, 3.05) is 40.1 Å². The van der Waals surface area contributed by atoms with Gasteiger partial charge in [0.2, 0.25) is 0 Å². The van der Waals surface area contributed by atoms with Crippen LogP contribution in [0, 0.1) is 23.4 Å². The third kappa shape index (κ3) is 4.52. The number of carbonyl (C=O) groups is 1. The largest absolute Gasteiger partial charge is 0.493 e. The molecule has 182 valence electrons. The number of hydrogen-bond donors (Lipinski definition) is 1.